The molecular formula is C12H10ClN7O2. The fraction of sp³-hybridized carbons (Fsp3) is 0.167. The Morgan fingerprint density at radius 1 is 1.36 bits per heavy atom. The number of hydrogen-bond donors (Lipinski definition) is 2. The van der Waals surface area contributed by atoms with Crippen molar-refractivity contribution in [2.45, 2.75) is 12.8 Å². The fourth-order valence-electron chi connectivity index (χ4n) is 1.73. The predicted octanol–water partition coefficient (Wildman–Crippen LogP) is 1.47. The van der Waals surface area contributed by atoms with E-state index in [1.165, 1.54) is 0 Å². The topological polar surface area (TPSA) is 122 Å². The number of aromatic nitrogens is 6. The Balaban J connectivity index is 1.60. The first kappa shape index (κ1) is 14.1. The van der Waals surface area contributed by atoms with E-state index in [-0.39, 0.29) is 18.3 Å². The Morgan fingerprint density at radius 3 is 3.00 bits per heavy atom. The number of carbonyl (C=O) groups excluding carboxylic acids is 1. The summed E-state index contributed by atoms with van der Waals surface area (Å²) in [6.07, 6.45) is 0.444. The van der Waals surface area contributed by atoms with Crippen LogP contribution in [0.25, 0.3) is 11.4 Å². The molecule has 1 amide bonds. The first-order valence-electron chi connectivity index (χ1n) is 6.33. The minimum Gasteiger partial charge on any atom is -0.339 e. The molecule has 2 aromatic heterocycles. The van der Waals surface area contributed by atoms with Crippen molar-refractivity contribution in [3.8, 4) is 11.4 Å². The zero-order valence-corrected chi connectivity index (χ0v) is 11.9. The molecule has 0 spiro atoms. The Hall–Kier alpha value is -2.81. The molecule has 0 aliphatic carbocycles. The van der Waals surface area contributed by atoms with Gasteiger partial charge in [-0.2, -0.15) is 10.2 Å². The molecule has 2 heterocycles. The van der Waals surface area contributed by atoms with Gasteiger partial charge in [0.1, 0.15) is 0 Å². The monoisotopic (exact) mass is 319 g/mol. The first-order chi connectivity index (χ1) is 10.7. The lowest BCUT2D eigenvalue weighted by Crippen LogP contribution is -2.13. The zero-order chi connectivity index (χ0) is 15.4. The molecule has 0 bridgehead atoms. The van der Waals surface area contributed by atoms with E-state index in [4.69, 9.17) is 16.1 Å². The summed E-state index contributed by atoms with van der Waals surface area (Å²) in [7, 11) is 0. The minimum atomic E-state index is -0.279. The number of nitrogens with zero attached hydrogens (tertiary/aromatic N) is 5. The van der Waals surface area contributed by atoms with Gasteiger partial charge in [0.2, 0.25) is 17.6 Å². The summed E-state index contributed by atoms with van der Waals surface area (Å²) in [6, 6.07) is 7.18. The lowest BCUT2D eigenvalue weighted by molar-refractivity contribution is -0.116. The van der Waals surface area contributed by atoms with E-state index in [9.17, 15) is 4.79 Å². The van der Waals surface area contributed by atoms with Crippen LogP contribution in [-0.2, 0) is 11.2 Å². The van der Waals surface area contributed by atoms with Crippen LogP contribution in [0.5, 0.6) is 0 Å². The second kappa shape index (κ2) is 6.31. The summed E-state index contributed by atoms with van der Waals surface area (Å²) in [5.41, 5.74) is 0.676. The maximum Gasteiger partial charge on any atom is 0.269 e. The summed E-state index contributed by atoms with van der Waals surface area (Å²) in [5.74, 6) is 0.573. The smallest absolute Gasteiger partial charge is 0.269 e. The summed E-state index contributed by atoms with van der Waals surface area (Å²) >= 11 is 6.07. The molecule has 9 nitrogen and oxygen atoms in total. The average molecular weight is 320 g/mol. The molecule has 0 unspecified atom stereocenters. The normalized spacial score (nSPS) is 10.6. The van der Waals surface area contributed by atoms with Gasteiger partial charge in [-0.05, 0) is 17.3 Å². The van der Waals surface area contributed by atoms with Crippen LogP contribution in [0.4, 0.5) is 5.95 Å². The van der Waals surface area contributed by atoms with E-state index in [1.54, 1.807) is 12.1 Å². The van der Waals surface area contributed by atoms with E-state index in [1.807, 2.05) is 12.1 Å². The lowest BCUT2D eigenvalue weighted by atomic mass is 10.2. The third kappa shape index (κ3) is 3.26. The summed E-state index contributed by atoms with van der Waals surface area (Å²) < 4.78 is 5.11. The predicted molar refractivity (Wildman–Crippen MR) is 75.9 cm³/mol. The number of nitrogens with one attached hydrogen (secondary N) is 2. The Bertz CT molecular complexity index is 771. The van der Waals surface area contributed by atoms with Crippen molar-refractivity contribution in [3.63, 3.8) is 0 Å². The van der Waals surface area contributed by atoms with Crippen LogP contribution in [0, 0.1) is 0 Å². The van der Waals surface area contributed by atoms with E-state index in [0.717, 1.165) is 0 Å². The highest BCUT2D eigenvalue weighted by atomic mass is 35.5. The Labute approximate surface area is 129 Å². The number of halogens is 1. The molecule has 0 saturated heterocycles. The van der Waals surface area contributed by atoms with E-state index in [2.05, 4.69) is 36.1 Å². The first-order valence-corrected chi connectivity index (χ1v) is 6.71. The second-order valence-corrected chi connectivity index (χ2v) is 4.68. The highest BCUT2D eigenvalue weighted by molar-refractivity contribution is 6.33. The van der Waals surface area contributed by atoms with Gasteiger partial charge in [0.05, 0.1) is 5.02 Å². The minimum absolute atomic E-state index is 0.118. The van der Waals surface area contributed by atoms with Gasteiger partial charge in [0.15, 0.2) is 0 Å². The molecule has 0 atom stereocenters. The van der Waals surface area contributed by atoms with Crippen LogP contribution in [0.3, 0.4) is 0 Å². The molecule has 0 saturated carbocycles. The maximum absolute atomic E-state index is 11.7. The standard InChI is InChI=1S/C12H10ClN7O2/c13-8-4-2-1-3-7(8)11-15-10(22-18-11)6-5-9(21)14-12-16-19-20-17-12/h1-4H,5-6H2,(H2,14,16,17,19,20,21). The lowest BCUT2D eigenvalue weighted by Gasteiger charge is -1.97. The molecule has 0 aliphatic rings. The van der Waals surface area contributed by atoms with Gasteiger partial charge in [0, 0.05) is 18.4 Å². The van der Waals surface area contributed by atoms with Crippen LogP contribution in [0.15, 0.2) is 28.8 Å². The highest BCUT2D eigenvalue weighted by Crippen LogP contribution is 2.24. The maximum atomic E-state index is 11.7. The van der Waals surface area contributed by atoms with Gasteiger partial charge in [0.25, 0.3) is 5.95 Å². The van der Waals surface area contributed by atoms with Crippen molar-refractivity contribution in [1.29, 1.82) is 0 Å². The van der Waals surface area contributed by atoms with Crippen molar-refractivity contribution in [3.05, 3.63) is 35.2 Å². The third-order valence-electron chi connectivity index (χ3n) is 2.75. The fourth-order valence-corrected chi connectivity index (χ4v) is 1.95. The summed E-state index contributed by atoms with van der Waals surface area (Å²) in [6.45, 7) is 0. The quantitative estimate of drug-likeness (QED) is 0.730. The Morgan fingerprint density at radius 2 is 2.23 bits per heavy atom. The van der Waals surface area contributed by atoms with Crippen LogP contribution >= 0.6 is 11.6 Å². The zero-order valence-electron chi connectivity index (χ0n) is 11.2. The number of benzene rings is 1. The van der Waals surface area contributed by atoms with Gasteiger partial charge in [-0.25, -0.2) is 0 Å². The number of H-pyrrole nitrogens is 1. The number of tetrazole rings is 1. The van der Waals surface area contributed by atoms with E-state index < -0.39 is 0 Å². The van der Waals surface area contributed by atoms with Crippen LogP contribution < -0.4 is 5.32 Å². The van der Waals surface area contributed by atoms with Crippen LogP contribution in [0.1, 0.15) is 12.3 Å². The number of carbonyl (C=O) groups is 1. The van der Waals surface area contributed by atoms with Gasteiger partial charge in [-0.1, -0.05) is 34.0 Å². The van der Waals surface area contributed by atoms with Crippen molar-refractivity contribution < 1.29 is 9.32 Å². The van der Waals surface area contributed by atoms with Crippen molar-refractivity contribution >= 4 is 23.5 Å². The number of rotatable bonds is 5. The van der Waals surface area contributed by atoms with Crippen molar-refractivity contribution in [1.82, 2.24) is 30.8 Å². The molecule has 1 aromatic carbocycles. The van der Waals surface area contributed by atoms with Gasteiger partial charge < -0.3 is 4.52 Å². The summed E-state index contributed by atoms with van der Waals surface area (Å²) in [5, 5.41) is 19.7. The number of aromatic amines is 1. The number of amides is 1. The van der Waals surface area contributed by atoms with Crippen molar-refractivity contribution in [2.75, 3.05) is 5.32 Å². The molecule has 22 heavy (non-hydrogen) atoms. The molecule has 2 N–H and O–H groups in total. The SMILES string of the molecule is O=C(CCc1nc(-c2ccccc2Cl)no1)Nc1nn[nH]n1. The van der Waals surface area contributed by atoms with Crippen LogP contribution in [-0.4, -0.2) is 36.7 Å². The number of hydrogen-bond acceptors (Lipinski definition) is 7. The van der Waals surface area contributed by atoms with Crippen LogP contribution in [0.2, 0.25) is 5.02 Å². The molecule has 112 valence electrons. The van der Waals surface area contributed by atoms with E-state index >= 15 is 0 Å². The summed E-state index contributed by atoms with van der Waals surface area (Å²) in [4.78, 5) is 15.9. The number of aryl methyl sites for hydroxylation is 1. The third-order valence-corrected chi connectivity index (χ3v) is 3.07. The molecule has 10 heteroatoms. The molecular weight excluding hydrogens is 310 g/mol. The van der Waals surface area contributed by atoms with Gasteiger partial charge >= 0.3 is 0 Å². The van der Waals surface area contributed by atoms with Gasteiger partial charge in [-0.15, -0.1) is 5.10 Å². The van der Waals surface area contributed by atoms with E-state index in [0.29, 0.717) is 28.7 Å². The average Bonchev–Trinajstić information content (AvgIpc) is 3.17. The van der Waals surface area contributed by atoms with Crippen molar-refractivity contribution in [2.24, 2.45) is 0 Å². The highest BCUT2D eigenvalue weighted by Gasteiger charge is 2.13. The molecule has 0 fully saturated rings. The Kier molecular flexibility index (Phi) is 4.05. The molecule has 0 aliphatic heterocycles. The molecule has 3 aromatic rings. The largest absolute Gasteiger partial charge is 0.339 e. The molecule has 3 rings (SSSR count). The number of anilines is 1. The second-order valence-electron chi connectivity index (χ2n) is 4.28. The molecule has 0 radical (unpaired) electrons. The van der Waals surface area contributed by atoms with Gasteiger partial charge in [-0.3, -0.25) is 10.1 Å².